The molecule has 4 N–H and O–H groups in total. The van der Waals surface area contributed by atoms with Crippen molar-refractivity contribution in [3.63, 3.8) is 0 Å². The van der Waals surface area contributed by atoms with E-state index in [1.165, 1.54) is 6.07 Å². The van der Waals surface area contributed by atoms with Crippen LogP contribution in [0.2, 0.25) is 0 Å². The molecule has 118 valence electrons. The zero-order chi connectivity index (χ0) is 16.3. The predicted molar refractivity (Wildman–Crippen MR) is 82.4 cm³/mol. The van der Waals surface area contributed by atoms with Crippen molar-refractivity contribution in [2.24, 2.45) is 5.73 Å². The number of amides is 4. The molecule has 0 bridgehead atoms. The smallest absolute Gasteiger partial charge is 0.319 e. The number of carbonyl (C=O) groups excluding carboxylic acids is 3. The van der Waals surface area contributed by atoms with Gasteiger partial charge in [0.05, 0.1) is 17.3 Å². The predicted octanol–water partition coefficient (Wildman–Crippen LogP) is 0.916. The van der Waals surface area contributed by atoms with Crippen LogP contribution in [0.1, 0.15) is 30.6 Å². The highest BCUT2D eigenvalue weighted by atomic mass is 16.2. The second-order valence-corrected chi connectivity index (χ2v) is 5.55. The molecule has 22 heavy (non-hydrogen) atoms. The van der Waals surface area contributed by atoms with Crippen LogP contribution in [0.3, 0.4) is 0 Å². The lowest BCUT2D eigenvalue weighted by Gasteiger charge is -2.21. The summed E-state index contributed by atoms with van der Waals surface area (Å²) in [6, 6.07) is 5.91. The molecule has 1 saturated heterocycles. The molecule has 0 saturated carbocycles. The zero-order valence-electron chi connectivity index (χ0n) is 12.6. The molecule has 1 heterocycles. The Morgan fingerprint density at radius 2 is 2.00 bits per heavy atom. The van der Waals surface area contributed by atoms with Crippen molar-refractivity contribution in [2.75, 3.05) is 11.9 Å². The SMILES string of the molecule is CC(C)N1CC(NC(=O)Nc2ccccc2C(N)=O)CC1=O. The average Bonchev–Trinajstić information content (AvgIpc) is 2.79. The molecule has 2 rings (SSSR count). The fourth-order valence-electron chi connectivity index (χ4n) is 2.48. The van der Waals surface area contributed by atoms with E-state index in [4.69, 9.17) is 5.73 Å². The third-order valence-corrected chi connectivity index (χ3v) is 3.56. The van der Waals surface area contributed by atoms with Gasteiger partial charge in [0.2, 0.25) is 5.91 Å². The summed E-state index contributed by atoms with van der Waals surface area (Å²) in [6.07, 6.45) is 0.281. The normalized spacial score (nSPS) is 17.7. The monoisotopic (exact) mass is 304 g/mol. The Labute approximate surface area is 128 Å². The number of nitrogens with one attached hydrogen (secondary N) is 2. The number of anilines is 1. The molecule has 7 nitrogen and oxygen atoms in total. The van der Waals surface area contributed by atoms with Gasteiger partial charge in [-0.3, -0.25) is 9.59 Å². The van der Waals surface area contributed by atoms with Crippen LogP contribution >= 0.6 is 0 Å². The molecule has 0 aliphatic carbocycles. The van der Waals surface area contributed by atoms with E-state index in [1.807, 2.05) is 13.8 Å². The van der Waals surface area contributed by atoms with E-state index < -0.39 is 11.9 Å². The zero-order valence-corrected chi connectivity index (χ0v) is 12.6. The maximum atomic E-state index is 12.0. The first kappa shape index (κ1) is 15.8. The van der Waals surface area contributed by atoms with Crippen LogP contribution in [0, 0.1) is 0 Å². The second kappa shape index (κ2) is 6.46. The Morgan fingerprint density at radius 1 is 1.32 bits per heavy atom. The van der Waals surface area contributed by atoms with Gasteiger partial charge >= 0.3 is 6.03 Å². The number of nitrogens with two attached hydrogens (primary N) is 1. The van der Waals surface area contributed by atoms with Gasteiger partial charge in [0.1, 0.15) is 0 Å². The van der Waals surface area contributed by atoms with Gasteiger partial charge in [-0.15, -0.1) is 0 Å². The standard InChI is InChI=1S/C15H20N4O3/c1-9(2)19-8-10(7-13(19)20)17-15(22)18-12-6-4-3-5-11(12)14(16)21/h3-6,9-10H,7-8H2,1-2H3,(H2,16,21)(H2,17,18,22). The first-order chi connectivity index (χ1) is 10.4. The molecule has 1 atom stereocenters. The van der Waals surface area contributed by atoms with E-state index >= 15 is 0 Å². The van der Waals surface area contributed by atoms with Crippen molar-refractivity contribution in [1.82, 2.24) is 10.2 Å². The van der Waals surface area contributed by atoms with Gasteiger partial charge in [-0.2, -0.15) is 0 Å². The minimum Gasteiger partial charge on any atom is -0.366 e. The number of likely N-dealkylation sites (tertiary alicyclic amines) is 1. The summed E-state index contributed by atoms with van der Waals surface area (Å²) in [6.45, 7) is 4.36. The Balaban J connectivity index is 1.97. The highest BCUT2D eigenvalue weighted by Gasteiger charge is 2.32. The molecule has 4 amide bonds. The molecule has 0 radical (unpaired) electrons. The number of nitrogens with zero attached hydrogens (tertiary/aromatic N) is 1. The first-order valence-electron chi connectivity index (χ1n) is 7.14. The highest BCUT2D eigenvalue weighted by Crippen LogP contribution is 2.16. The summed E-state index contributed by atoms with van der Waals surface area (Å²) in [7, 11) is 0. The van der Waals surface area contributed by atoms with Crippen LogP contribution in [-0.4, -0.2) is 41.4 Å². The lowest BCUT2D eigenvalue weighted by Crippen LogP contribution is -2.41. The Morgan fingerprint density at radius 3 is 2.59 bits per heavy atom. The quantitative estimate of drug-likeness (QED) is 0.770. The fraction of sp³-hybridized carbons (Fsp3) is 0.400. The average molecular weight is 304 g/mol. The van der Waals surface area contributed by atoms with E-state index in [-0.39, 0.29) is 30.0 Å². The molecule has 1 aromatic carbocycles. The third-order valence-electron chi connectivity index (χ3n) is 3.56. The molecule has 0 spiro atoms. The molecular formula is C15H20N4O3. The molecule has 1 aromatic rings. The Bertz CT molecular complexity index is 600. The van der Waals surface area contributed by atoms with Crippen LogP contribution < -0.4 is 16.4 Å². The Hall–Kier alpha value is -2.57. The summed E-state index contributed by atoms with van der Waals surface area (Å²) in [5.41, 5.74) is 5.85. The molecule has 0 aromatic heterocycles. The van der Waals surface area contributed by atoms with Gasteiger partial charge in [0, 0.05) is 19.0 Å². The largest absolute Gasteiger partial charge is 0.366 e. The van der Waals surface area contributed by atoms with Crippen LogP contribution in [-0.2, 0) is 4.79 Å². The lowest BCUT2D eigenvalue weighted by atomic mass is 10.1. The molecule has 1 fully saturated rings. The summed E-state index contributed by atoms with van der Waals surface area (Å²) in [4.78, 5) is 36.9. The van der Waals surface area contributed by atoms with Crippen molar-refractivity contribution in [3.05, 3.63) is 29.8 Å². The highest BCUT2D eigenvalue weighted by molar-refractivity contribution is 6.02. The van der Waals surface area contributed by atoms with E-state index in [2.05, 4.69) is 10.6 Å². The maximum Gasteiger partial charge on any atom is 0.319 e. The maximum absolute atomic E-state index is 12.0. The van der Waals surface area contributed by atoms with Crippen LogP contribution in [0.4, 0.5) is 10.5 Å². The van der Waals surface area contributed by atoms with Gasteiger partial charge in [-0.05, 0) is 26.0 Å². The van der Waals surface area contributed by atoms with Gasteiger partial charge in [0.15, 0.2) is 0 Å². The molecule has 1 aliphatic rings. The van der Waals surface area contributed by atoms with Crippen molar-refractivity contribution in [1.29, 1.82) is 0 Å². The van der Waals surface area contributed by atoms with Gasteiger partial charge in [0.25, 0.3) is 5.91 Å². The summed E-state index contributed by atoms with van der Waals surface area (Å²) in [5, 5.41) is 5.34. The van der Waals surface area contributed by atoms with Crippen molar-refractivity contribution >= 4 is 23.5 Å². The number of hydrogen-bond donors (Lipinski definition) is 3. The first-order valence-corrected chi connectivity index (χ1v) is 7.14. The number of para-hydroxylation sites is 1. The van der Waals surface area contributed by atoms with Gasteiger partial charge < -0.3 is 21.3 Å². The van der Waals surface area contributed by atoms with Crippen molar-refractivity contribution < 1.29 is 14.4 Å². The number of benzene rings is 1. The van der Waals surface area contributed by atoms with E-state index in [1.54, 1.807) is 23.1 Å². The van der Waals surface area contributed by atoms with Crippen LogP contribution in [0.15, 0.2) is 24.3 Å². The number of primary amides is 1. The second-order valence-electron chi connectivity index (χ2n) is 5.55. The summed E-state index contributed by atoms with van der Waals surface area (Å²) in [5.74, 6) is -0.587. The number of urea groups is 1. The third kappa shape index (κ3) is 3.55. The number of carbonyl (C=O) groups is 3. The van der Waals surface area contributed by atoms with Crippen molar-refractivity contribution in [2.45, 2.75) is 32.4 Å². The van der Waals surface area contributed by atoms with Gasteiger partial charge in [-0.1, -0.05) is 12.1 Å². The molecule has 1 aliphatic heterocycles. The van der Waals surface area contributed by atoms with E-state index in [9.17, 15) is 14.4 Å². The topological polar surface area (TPSA) is 105 Å². The van der Waals surface area contributed by atoms with Gasteiger partial charge in [-0.25, -0.2) is 4.79 Å². The minimum atomic E-state index is -0.613. The molecular weight excluding hydrogens is 284 g/mol. The summed E-state index contributed by atoms with van der Waals surface area (Å²) >= 11 is 0. The number of hydrogen-bond acceptors (Lipinski definition) is 3. The fourth-order valence-corrected chi connectivity index (χ4v) is 2.48. The van der Waals surface area contributed by atoms with Crippen LogP contribution in [0.5, 0.6) is 0 Å². The Kier molecular flexibility index (Phi) is 4.65. The van der Waals surface area contributed by atoms with Crippen LogP contribution in [0.25, 0.3) is 0 Å². The number of rotatable bonds is 4. The molecule has 7 heteroatoms. The van der Waals surface area contributed by atoms with E-state index in [0.717, 1.165) is 0 Å². The minimum absolute atomic E-state index is 0.0258. The lowest BCUT2D eigenvalue weighted by molar-refractivity contribution is -0.129. The van der Waals surface area contributed by atoms with Crippen molar-refractivity contribution in [3.8, 4) is 0 Å². The van der Waals surface area contributed by atoms with E-state index in [0.29, 0.717) is 12.2 Å². The molecule has 1 unspecified atom stereocenters. The summed E-state index contributed by atoms with van der Waals surface area (Å²) < 4.78 is 0.